The minimum atomic E-state index is 1.07. The molecule has 0 radical (unpaired) electrons. The summed E-state index contributed by atoms with van der Waals surface area (Å²) in [4.78, 5) is 2.07. The first-order chi connectivity index (χ1) is 9.76. The van der Waals surface area contributed by atoms with Crippen LogP contribution in [0.1, 0.15) is 11.1 Å². The molecule has 0 unspecified atom stereocenters. The quantitative estimate of drug-likeness (QED) is 0.759. The average Bonchev–Trinajstić information content (AvgIpc) is 2.49. The van der Waals surface area contributed by atoms with Crippen LogP contribution < -0.4 is 4.90 Å². The molecule has 0 spiro atoms. The van der Waals surface area contributed by atoms with Gasteiger partial charge in [-0.15, -0.1) is 0 Å². The van der Waals surface area contributed by atoms with Gasteiger partial charge in [-0.1, -0.05) is 43.0 Å². The zero-order valence-electron chi connectivity index (χ0n) is 11.6. The van der Waals surface area contributed by atoms with Crippen molar-refractivity contribution in [2.45, 2.75) is 6.92 Å². The van der Waals surface area contributed by atoms with Crippen LogP contribution in [-0.4, -0.2) is 6.21 Å². The van der Waals surface area contributed by atoms with Crippen molar-refractivity contribution in [3.63, 3.8) is 0 Å². The predicted octanol–water partition coefficient (Wildman–Crippen LogP) is 4.94. The second-order valence-electron chi connectivity index (χ2n) is 4.46. The molecule has 0 atom stereocenters. The van der Waals surface area contributed by atoms with Crippen LogP contribution in [0, 0.1) is 12.3 Å². The fourth-order valence-electron chi connectivity index (χ4n) is 2.08. The lowest BCUT2D eigenvalue weighted by atomic mass is 10.1. The van der Waals surface area contributed by atoms with Crippen molar-refractivity contribution in [3.05, 3.63) is 78.5 Å². The van der Waals surface area contributed by atoms with Gasteiger partial charge in [0.25, 0.3) is 0 Å². The van der Waals surface area contributed by atoms with E-state index in [-0.39, 0.29) is 0 Å². The lowest BCUT2D eigenvalue weighted by Gasteiger charge is -2.22. The summed E-state index contributed by atoms with van der Waals surface area (Å²) in [5.41, 5.74) is 4.43. The summed E-state index contributed by atoms with van der Waals surface area (Å²) in [5.74, 6) is 0. The molecule has 0 amide bonds. The summed E-state index contributed by atoms with van der Waals surface area (Å²) in [6.07, 6.45) is 6.74. The highest BCUT2D eigenvalue weighted by molar-refractivity contribution is 5.78. The summed E-state index contributed by atoms with van der Waals surface area (Å²) in [6, 6.07) is 16.4. The Bertz CT molecular complexity index is 627. The van der Waals surface area contributed by atoms with Gasteiger partial charge in [-0.25, -0.2) is 0 Å². The number of hydrogen-bond acceptors (Lipinski definition) is 2. The topological polar surface area (TPSA) is 27.1 Å². The molecular formula is C18H18N2. The first kappa shape index (κ1) is 13.8. The number of nitrogens with one attached hydrogen (secondary N) is 1. The molecule has 0 fully saturated rings. The maximum absolute atomic E-state index is 7.06. The lowest BCUT2D eigenvalue weighted by Crippen LogP contribution is -2.09. The predicted molar refractivity (Wildman–Crippen MR) is 87.8 cm³/mol. The Hall–Kier alpha value is -2.61. The van der Waals surface area contributed by atoms with Gasteiger partial charge < -0.3 is 10.3 Å². The average molecular weight is 262 g/mol. The molecule has 0 aliphatic carbocycles. The number of rotatable bonds is 5. The van der Waals surface area contributed by atoms with Gasteiger partial charge in [-0.05, 0) is 42.3 Å². The van der Waals surface area contributed by atoms with E-state index in [1.807, 2.05) is 36.5 Å². The van der Waals surface area contributed by atoms with Crippen molar-refractivity contribution in [1.82, 2.24) is 0 Å². The molecule has 0 saturated carbocycles. The highest BCUT2D eigenvalue weighted by atomic mass is 15.1. The van der Waals surface area contributed by atoms with Crippen LogP contribution >= 0.6 is 0 Å². The molecular weight excluding hydrogens is 244 g/mol. The van der Waals surface area contributed by atoms with E-state index < -0.39 is 0 Å². The third-order valence-corrected chi connectivity index (χ3v) is 3.09. The summed E-state index contributed by atoms with van der Waals surface area (Å²) in [7, 11) is 0. The van der Waals surface area contributed by atoms with E-state index in [9.17, 15) is 0 Å². The van der Waals surface area contributed by atoms with Crippen molar-refractivity contribution in [1.29, 1.82) is 5.41 Å². The van der Waals surface area contributed by atoms with E-state index in [0.29, 0.717) is 0 Å². The largest absolute Gasteiger partial charge is 0.317 e. The molecule has 0 aliphatic rings. The lowest BCUT2D eigenvalue weighted by molar-refractivity contribution is 1.25. The van der Waals surface area contributed by atoms with Crippen LogP contribution in [0.4, 0.5) is 11.4 Å². The van der Waals surface area contributed by atoms with Gasteiger partial charge in [0.15, 0.2) is 0 Å². The second kappa shape index (κ2) is 6.53. The number of para-hydroxylation sites is 1. The highest BCUT2D eigenvalue weighted by Gasteiger charge is 2.08. The fourth-order valence-corrected chi connectivity index (χ4v) is 2.08. The van der Waals surface area contributed by atoms with E-state index in [4.69, 9.17) is 5.41 Å². The van der Waals surface area contributed by atoms with E-state index >= 15 is 0 Å². The summed E-state index contributed by atoms with van der Waals surface area (Å²) in [5, 5.41) is 7.06. The summed E-state index contributed by atoms with van der Waals surface area (Å²) < 4.78 is 0. The molecule has 0 saturated heterocycles. The van der Waals surface area contributed by atoms with E-state index in [2.05, 4.69) is 42.7 Å². The molecule has 2 heteroatoms. The summed E-state index contributed by atoms with van der Waals surface area (Å²) >= 11 is 0. The van der Waals surface area contributed by atoms with Crippen molar-refractivity contribution in [2.75, 3.05) is 4.90 Å². The summed E-state index contributed by atoms with van der Waals surface area (Å²) in [6.45, 7) is 6.00. The minimum absolute atomic E-state index is 1.07. The highest BCUT2D eigenvalue weighted by Crippen LogP contribution is 2.29. The Morgan fingerprint density at radius 3 is 2.50 bits per heavy atom. The van der Waals surface area contributed by atoms with Gasteiger partial charge in [-0.3, -0.25) is 0 Å². The Morgan fingerprint density at radius 2 is 1.85 bits per heavy atom. The van der Waals surface area contributed by atoms with Crippen LogP contribution in [0.3, 0.4) is 0 Å². The molecule has 2 rings (SSSR count). The molecule has 0 aromatic heterocycles. The fraction of sp³-hybridized carbons (Fsp3) is 0.0556. The van der Waals surface area contributed by atoms with Gasteiger partial charge >= 0.3 is 0 Å². The third kappa shape index (κ3) is 3.04. The van der Waals surface area contributed by atoms with Gasteiger partial charge in [0.2, 0.25) is 0 Å². The standard InChI is InChI=1S/C18H18N2/c1-3-20(17-9-5-4-6-10-17)18-14-16(8-7-13-19)12-11-15(18)2/h3-14,19H,1H2,2H3/b8-7+,19-13?. The molecule has 2 nitrogen and oxygen atoms in total. The van der Waals surface area contributed by atoms with Crippen molar-refractivity contribution >= 4 is 23.7 Å². The Kier molecular flexibility index (Phi) is 4.51. The van der Waals surface area contributed by atoms with Crippen LogP contribution in [0.25, 0.3) is 6.08 Å². The number of aryl methyl sites for hydroxylation is 1. The zero-order chi connectivity index (χ0) is 14.4. The van der Waals surface area contributed by atoms with Crippen molar-refractivity contribution < 1.29 is 0 Å². The van der Waals surface area contributed by atoms with Gasteiger partial charge in [-0.2, -0.15) is 0 Å². The molecule has 0 heterocycles. The van der Waals surface area contributed by atoms with Crippen molar-refractivity contribution in [2.24, 2.45) is 0 Å². The molecule has 100 valence electrons. The van der Waals surface area contributed by atoms with Crippen LogP contribution in [0.2, 0.25) is 0 Å². The first-order valence-electron chi connectivity index (χ1n) is 6.51. The number of hydrogen-bond donors (Lipinski definition) is 1. The minimum Gasteiger partial charge on any atom is -0.317 e. The Labute approximate surface area is 120 Å². The van der Waals surface area contributed by atoms with E-state index in [1.165, 1.54) is 11.8 Å². The third-order valence-electron chi connectivity index (χ3n) is 3.09. The smallest absolute Gasteiger partial charge is 0.0490 e. The molecule has 0 bridgehead atoms. The monoisotopic (exact) mass is 262 g/mol. The molecule has 1 N–H and O–H groups in total. The van der Waals surface area contributed by atoms with E-state index in [0.717, 1.165) is 16.9 Å². The Balaban J connectivity index is 2.46. The molecule has 2 aromatic rings. The van der Waals surface area contributed by atoms with E-state index in [1.54, 1.807) is 6.08 Å². The van der Waals surface area contributed by atoms with Gasteiger partial charge in [0.1, 0.15) is 0 Å². The molecule has 0 aliphatic heterocycles. The van der Waals surface area contributed by atoms with Crippen molar-refractivity contribution in [3.8, 4) is 0 Å². The van der Waals surface area contributed by atoms with Crippen LogP contribution in [-0.2, 0) is 0 Å². The van der Waals surface area contributed by atoms with Gasteiger partial charge in [0.05, 0.1) is 0 Å². The number of anilines is 2. The normalized spacial score (nSPS) is 10.4. The molecule has 20 heavy (non-hydrogen) atoms. The van der Waals surface area contributed by atoms with Crippen LogP contribution in [0.5, 0.6) is 0 Å². The second-order valence-corrected chi connectivity index (χ2v) is 4.46. The maximum atomic E-state index is 7.06. The Morgan fingerprint density at radius 1 is 1.10 bits per heavy atom. The SMILES string of the molecule is C=CN(c1ccccc1)c1cc(/C=C/C=N)ccc1C. The zero-order valence-corrected chi connectivity index (χ0v) is 11.6. The van der Waals surface area contributed by atoms with Crippen LogP contribution in [0.15, 0.2) is 67.4 Å². The first-order valence-corrected chi connectivity index (χ1v) is 6.51. The number of allylic oxidation sites excluding steroid dienone is 1. The van der Waals surface area contributed by atoms with Gasteiger partial charge in [0, 0.05) is 23.8 Å². The number of nitrogens with zero attached hydrogens (tertiary/aromatic N) is 1. The molecule has 2 aromatic carbocycles. The maximum Gasteiger partial charge on any atom is 0.0490 e. The number of benzene rings is 2.